The van der Waals surface area contributed by atoms with Crippen LogP contribution in [0.2, 0.25) is 0 Å². The zero-order chi connectivity index (χ0) is 21.7. The number of methoxy groups -OCH3 is 1. The Kier molecular flexibility index (Phi) is 6.95. The van der Waals surface area contributed by atoms with Crippen LogP contribution in [-0.2, 0) is 14.8 Å². The fraction of sp³-hybridized carbons (Fsp3) is 0.348. The van der Waals surface area contributed by atoms with Crippen molar-refractivity contribution in [3.05, 3.63) is 59.2 Å². The molecular weight excluding hydrogens is 400 g/mol. The zero-order valence-electron chi connectivity index (χ0n) is 17.6. The molecule has 0 spiro atoms. The molecule has 1 amide bonds. The van der Waals surface area contributed by atoms with Crippen molar-refractivity contribution >= 4 is 27.7 Å². The molecule has 3 rings (SSSR count). The van der Waals surface area contributed by atoms with Gasteiger partial charge in [-0.2, -0.15) is 4.31 Å². The second kappa shape index (κ2) is 9.45. The predicted molar refractivity (Wildman–Crippen MR) is 119 cm³/mol. The SMILES string of the molecule is COc1ccc(C)cc1C=CC(=O)Nc1cc(S(=O)(=O)N2CCCCC2)ccc1C. The molecule has 6 nitrogen and oxygen atoms in total. The number of amides is 1. The summed E-state index contributed by atoms with van der Waals surface area (Å²) in [7, 11) is -1.98. The van der Waals surface area contributed by atoms with Crippen LogP contribution in [0.25, 0.3) is 6.08 Å². The third kappa shape index (κ3) is 5.09. The second-order valence-electron chi connectivity index (χ2n) is 7.51. The summed E-state index contributed by atoms with van der Waals surface area (Å²) in [5.74, 6) is 0.338. The van der Waals surface area contributed by atoms with Crippen LogP contribution in [0.4, 0.5) is 5.69 Å². The van der Waals surface area contributed by atoms with E-state index in [1.807, 2.05) is 32.0 Å². The van der Waals surface area contributed by atoms with Gasteiger partial charge in [0.05, 0.1) is 12.0 Å². The average molecular weight is 429 g/mol. The lowest BCUT2D eigenvalue weighted by Gasteiger charge is -2.26. The van der Waals surface area contributed by atoms with Crippen LogP contribution in [0.5, 0.6) is 5.75 Å². The lowest BCUT2D eigenvalue weighted by Crippen LogP contribution is -2.35. The molecule has 1 fully saturated rings. The van der Waals surface area contributed by atoms with Gasteiger partial charge in [0, 0.05) is 30.4 Å². The van der Waals surface area contributed by atoms with Crippen molar-refractivity contribution < 1.29 is 17.9 Å². The Hall–Kier alpha value is -2.64. The highest BCUT2D eigenvalue weighted by Gasteiger charge is 2.26. The van der Waals surface area contributed by atoms with E-state index in [0.717, 1.165) is 36.0 Å². The predicted octanol–water partition coefficient (Wildman–Crippen LogP) is 4.14. The minimum Gasteiger partial charge on any atom is -0.496 e. The Balaban J connectivity index is 1.79. The van der Waals surface area contributed by atoms with E-state index in [1.165, 1.54) is 16.4 Å². The number of sulfonamides is 1. The number of hydrogen-bond acceptors (Lipinski definition) is 4. The average Bonchev–Trinajstić information content (AvgIpc) is 2.74. The Labute approximate surface area is 178 Å². The summed E-state index contributed by atoms with van der Waals surface area (Å²) in [5, 5.41) is 2.80. The number of rotatable bonds is 6. The molecule has 30 heavy (non-hydrogen) atoms. The fourth-order valence-corrected chi connectivity index (χ4v) is 5.02. The molecule has 7 heteroatoms. The molecule has 1 N–H and O–H groups in total. The Morgan fingerprint density at radius 2 is 1.80 bits per heavy atom. The van der Waals surface area contributed by atoms with Gasteiger partial charge in [-0.05, 0) is 62.6 Å². The van der Waals surface area contributed by atoms with E-state index < -0.39 is 10.0 Å². The van der Waals surface area contributed by atoms with Gasteiger partial charge < -0.3 is 10.1 Å². The molecule has 0 atom stereocenters. The van der Waals surface area contributed by atoms with E-state index >= 15 is 0 Å². The Morgan fingerprint density at radius 3 is 2.50 bits per heavy atom. The number of carbonyl (C=O) groups is 1. The van der Waals surface area contributed by atoms with Gasteiger partial charge in [0.1, 0.15) is 5.75 Å². The molecule has 2 aromatic carbocycles. The lowest BCUT2D eigenvalue weighted by atomic mass is 10.1. The first-order valence-corrected chi connectivity index (χ1v) is 11.5. The van der Waals surface area contributed by atoms with Crippen LogP contribution in [0.3, 0.4) is 0 Å². The van der Waals surface area contributed by atoms with Crippen molar-refractivity contribution in [3.63, 3.8) is 0 Å². The molecule has 0 radical (unpaired) electrons. The maximum atomic E-state index is 12.9. The Bertz CT molecular complexity index is 1050. The summed E-state index contributed by atoms with van der Waals surface area (Å²) >= 11 is 0. The first-order valence-electron chi connectivity index (χ1n) is 10.1. The van der Waals surface area contributed by atoms with E-state index in [4.69, 9.17) is 4.74 Å². The van der Waals surface area contributed by atoms with Crippen molar-refractivity contribution in [2.45, 2.75) is 38.0 Å². The summed E-state index contributed by atoms with van der Waals surface area (Å²) in [4.78, 5) is 12.7. The lowest BCUT2D eigenvalue weighted by molar-refractivity contribution is -0.111. The second-order valence-corrected chi connectivity index (χ2v) is 9.45. The van der Waals surface area contributed by atoms with Crippen molar-refractivity contribution in [3.8, 4) is 5.75 Å². The molecule has 1 saturated heterocycles. The number of hydrogen-bond donors (Lipinski definition) is 1. The van der Waals surface area contributed by atoms with Crippen molar-refractivity contribution in [2.24, 2.45) is 0 Å². The summed E-state index contributed by atoms with van der Waals surface area (Å²) in [5.41, 5.74) is 3.13. The van der Waals surface area contributed by atoms with E-state index in [9.17, 15) is 13.2 Å². The summed E-state index contributed by atoms with van der Waals surface area (Å²) in [6.07, 6.45) is 5.91. The maximum Gasteiger partial charge on any atom is 0.248 e. The monoisotopic (exact) mass is 428 g/mol. The maximum absolute atomic E-state index is 12.9. The number of carbonyl (C=O) groups excluding carboxylic acids is 1. The number of nitrogens with zero attached hydrogens (tertiary/aromatic N) is 1. The van der Waals surface area contributed by atoms with Crippen molar-refractivity contribution in [2.75, 3.05) is 25.5 Å². The first kappa shape index (κ1) is 22.1. The summed E-state index contributed by atoms with van der Waals surface area (Å²) < 4.78 is 32.7. The summed E-state index contributed by atoms with van der Waals surface area (Å²) in [6.45, 7) is 4.88. The highest BCUT2D eigenvalue weighted by Crippen LogP contribution is 2.25. The third-order valence-electron chi connectivity index (χ3n) is 5.22. The molecule has 1 heterocycles. The minimum absolute atomic E-state index is 0.203. The molecule has 0 unspecified atom stereocenters. The molecule has 0 saturated carbocycles. The van der Waals surface area contributed by atoms with Crippen LogP contribution < -0.4 is 10.1 Å². The van der Waals surface area contributed by atoms with E-state index in [0.29, 0.717) is 24.5 Å². The fourth-order valence-electron chi connectivity index (χ4n) is 3.47. The minimum atomic E-state index is -3.56. The van der Waals surface area contributed by atoms with Gasteiger partial charge >= 0.3 is 0 Å². The smallest absolute Gasteiger partial charge is 0.248 e. The van der Waals surface area contributed by atoms with E-state index in [2.05, 4.69) is 5.32 Å². The van der Waals surface area contributed by atoms with E-state index in [-0.39, 0.29) is 10.8 Å². The molecule has 0 bridgehead atoms. The standard InChI is InChI=1S/C23H28N2O4S/c1-17-7-11-22(29-3)19(15-17)9-12-23(26)24-21-16-20(10-8-18(21)2)30(27,28)25-13-5-4-6-14-25/h7-12,15-16H,4-6,13-14H2,1-3H3,(H,24,26). The van der Waals surface area contributed by atoms with Gasteiger partial charge in [-0.15, -0.1) is 0 Å². The molecular formula is C23H28N2O4S. The Morgan fingerprint density at radius 1 is 1.07 bits per heavy atom. The van der Waals surface area contributed by atoms with Crippen molar-refractivity contribution in [1.29, 1.82) is 0 Å². The highest BCUT2D eigenvalue weighted by molar-refractivity contribution is 7.89. The zero-order valence-corrected chi connectivity index (χ0v) is 18.5. The molecule has 0 aliphatic carbocycles. The molecule has 160 valence electrons. The number of ether oxygens (including phenoxy) is 1. The van der Waals surface area contributed by atoms with Gasteiger partial charge in [0.2, 0.25) is 15.9 Å². The van der Waals surface area contributed by atoms with Gasteiger partial charge in [0.25, 0.3) is 0 Å². The van der Waals surface area contributed by atoms with Crippen molar-refractivity contribution in [1.82, 2.24) is 4.31 Å². The van der Waals surface area contributed by atoms with Crippen LogP contribution >= 0.6 is 0 Å². The quantitative estimate of drug-likeness (QED) is 0.702. The molecule has 0 aromatic heterocycles. The molecule has 1 aliphatic heterocycles. The normalized spacial score (nSPS) is 15.3. The van der Waals surface area contributed by atoms with Gasteiger partial charge in [0.15, 0.2) is 0 Å². The highest BCUT2D eigenvalue weighted by atomic mass is 32.2. The number of anilines is 1. The largest absolute Gasteiger partial charge is 0.496 e. The van der Waals surface area contributed by atoms with Crippen LogP contribution in [0.1, 0.15) is 36.0 Å². The molecule has 1 aliphatic rings. The van der Waals surface area contributed by atoms with Gasteiger partial charge in [-0.1, -0.05) is 24.1 Å². The van der Waals surface area contributed by atoms with Crippen LogP contribution in [0, 0.1) is 13.8 Å². The number of aryl methyl sites for hydroxylation is 2. The topological polar surface area (TPSA) is 75.7 Å². The number of nitrogens with one attached hydrogen (secondary N) is 1. The van der Waals surface area contributed by atoms with Crippen LogP contribution in [0.15, 0.2) is 47.4 Å². The van der Waals surface area contributed by atoms with Gasteiger partial charge in [-0.3, -0.25) is 4.79 Å². The summed E-state index contributed by atoms with van der Waals surface area (Å²) in [6, 6.07) is 10.6. The van der Waals surface area contributed by atoms with Crippen LogP contribution in [-0.4, -0.2) is 38.8 Å². The van der Waals surface area contributed by atoms with E-state index in [1.54, 1.807) is 25.3 Å². The number of piperidine rings is 1. The van der Waals surface area contributed by atoms with Gasteiger partial charge in [-0.25, -0.2) is 8.42 Å². The number of benzene rings is 2. The molecule has 2 aromatic rings. The first-order chi connectivity index (χ1) is 14.3. The third-order valence-corrected chi connectivity index (χ3v) is 7.11.